The Labute approximate surface area is 212 Å². The van der Waals surface area contributed by atoms with Gasteiger partial charge in [-0.3, -0.25) is 9.69 Å². The van der Waals surface area contributed by atoms with Crippen molar-refractivity contribution >= 4 is 28.2 Å². The van der Waals surface area contributed by atoms with Crippen molar-refractivity contribution in [3.05, 3.63) is 58.3 Å². The number of fused-ring (bicyclic) bond motifs is 1. The highest BCUT2D eigenvalue weighted by Crippen LogP contribution is 2.33. The molecule has 36 heavy (non-hydrogen) atoms. The molecule has 0 bridgehead atoms. The van der Waals surface area contributed by atoms with Crippen LogP contribution in [-0.4, -0.2) is 65.2 Å². The molecule has 1 aromatic heterocycles. The number of aryl methyl sites for hydroxylation is 1. The number of hydrogen-bond donors (Lipinski definition) is 2. The Kier molecular flexibility index (Phi) is 6.50. The summed E-state index contributed by atoms with van der Waals surface area (Å²) in [5.74, 6) is 0.707. The minimum Gasteiger partial charge on any atom is -0.387 e. The summed E-state index contributed by atoms with van der Waals surface area (Å²) in [5, 5.41) is 26.8. The van der Waals surface area contributed by atoms with Crippen molar-refractivity contribution in [3.8, 4) is 6.07 Å². The summed E-state index contributed by atoms with van der Waals surface area (Å²) in [6, 6.07) is 12.6. The number of piperazine rings is 1. The molecule has 2 aliphatic rings. The zero-order valence-corrected chi connectivity index (χ0v) is 21.4. The van der Waals surface area contributed by atoms with Crippen molar-refractivity contribution in [2.24, 2.45) is 0 Å². The Hall–Kier alpha value is -3.70. The number of nitrogens with one attached hydrogen (secondary N) is 2. The van der Waals surface area contributed by atoms with Gasteiger partial charge in [0, 0.05) is 55.7 Å². The van der Waals surface area contributed by atoms with Gasteiger partial charge in [0.15, 0.2) is 5.82 Å². The lowest BCUT2D eigenvalue weighted by atomic mass is 9.98. The molecule has 1 atom stereocenters. The number of hydrogen-bond acceptors (Lipinski definition) is 7. The predicted molar refractivity (Wildman–Crippen MR) is 142 cm³/mol. The van der Waals surface area contributed by atoms with E-state index >= 15 is 0 Å². The fourth-order valence-corrected chi connectivity index (χ4v) is 5.24. The van der Waals surface area contributed by atoms with Gasteiger partial charge in [0.25, 0.3) is 5.91 Å². The van der Waals surface area contributed by atoms with Gasteiger partial charge in [0.1, 0.15) is 0 Å². The van der Waals surface area contributed by atoms with Crippen LogP contribution in [-0.2, 0) is 0 Å². The van der Waals surface area contributed by atoms with Crippen molar-refractivity contribution in [2.75, 3.05) is 43.9 Å². The predicted octanol–water partition coefficient (Wildman–Crippen LogP) is 4.25. The van der Waals surface area contributed by atoms with E-state index < -0.39 is 0 Å². The van der Waals surface area contributed by atoms with E-state index in [-0.39, 0.29) is 11.9 Å². The van der Waals surface area contributed by atoms with Gasteiger partial charge in [-0.1, -0.05) is 12.1 Å². The van der Waals surface area contributed by atoms with E-state index in [2.05, 4.69) is 38.7 Å². The van der Waals surface area contributed by atoms with Crippen molar-refractivity contribution < 1.29 is 4.79 Å². The molecule has 1 saturated carbocycles. The molecule has 186 valence electrons. The molecule has 1 aliphatic carbocycles. The molecule has 0 unspecified atom stereocenters. The molecule has 2 fully saturated rings. The van der Waals surface area contributed by atoms with Gasteiger partial charge in [-0.05, 0) is 62.9 Å². The number of aromatic nitrogens is 2. The van der Waals surface area contributed by atoms with Crippen LogP contribution in [0.3, 0.4) is 0 Å². The first kappa shape index (κ1) is 24.0. The summed E-state index contributed by atoms with van der Waals surface area (Å²) in [6.07, 6.45) is 2.59. The number of anilines is 2. The van der Waals surface area contributed by atoms with Crippen LogP contribution in [0.5, 0.6) is 0 Å². The molecule has 0 spiro atoms. The molecule has 3 aromatic rings. The average Bonchev–Trinajstić information content (AvgIpc) is 3.75. The van der Waals surface area contributed by atoms with Crippen molar-refractivity contribution in [2.45, 2.75) is 45.7 Å². The second-order valence-corrected chi connectivity index (χ2v) is 9.88. The number of rotatable bonds is 6. The maximum absolute atomic E-state index is 13.6. The quantitative estimate of drug-likeness (QED) is 0.541. The summed E-state index contributed by atoms with van der Waals surface area (Å²) >= 11 is 0. The molecule has 1 amide bonds. The Balaban J connectivity index is 1.45. The minimum absolute atomic E-state index is 0.0553. The summed E-state index contributed by atoms with van der Waals surface area (Å²) < 4.78 is 0. The Morgan fingerprint density at radius 3 is 2.53 bits per heavy atom. The van der Waals surface area contributed by atoms with Gasteiger partial charge >= 0.3 is 0 Å². The maximum atomic E-state index is 13.6. The second kappa shape index (κ2) is 9.75. The summed E-state index contributed by atoms with van der Waals surface area (Å²) in [4.78, 5) is 18.0. The molecule has 1 aliphatic heterocycles. The monoisotopic (exact) mass is 483 g/mol. The van der Waals surface area contributed by atoms with Gasteiger partial charge in [0.2, 0.25) is 0 Å². The topological polar surface area (TPSA) is 97.2 Å². The van der Waals surface area contributed by atoms with Crippen LogP contribution in [0.2, 0.25) is 0 Å². The lowest BCUT2D eigenvalue weighted by Gasteiger charge is -2.35. The molecular formula is C28H33N7O. The van der Waals surface area contributed by atoms with Crippen LogP contribution < -0.4 is 10.6 Å². The molecule has 8 nitrogen and oxygen atoms in total. The van der Waals surface area contributed by atoms with E-state index in [0.29, 0.717) is 16.9 Å². The molecule has 0 radical (unpaired) electrons. The number of nitrogens with zero attached hydrogens (tertiary/aromatic N) is 5. The highest BCUT2D eigenvalue weighted by Gasteiger charge is 2.33. The largest absolute Gasteiger partial charge is 0.387 e. The molecule has 2 aromatic carbocycles. The van der Waals surface area contributed by atoms with Crippen LogP contribution in [0.1, 0.15) is 58.5 Å². The highest BCUT2D eigenvalue weighted by molar-refractivity contribution is 6.06. The van der Waals surface area contributed by atoms with Gasteiger partial charge in [-0.25, -0.2) is 0 Å². The molecule has 8 heteroatoms. The number of amides is 1. The zero-order valence-electron chi connectivity index (χ0n) is 21.4. The maximum Gasteiger partial charge on any atom is 0.256 e. The lowest BCUT2D eigenvalue weighted by molar-refractivity contribution is 0.0628. The zero-order chi connectivity index (χ0) is 25.4. The summed E-state index contributed by atoms with van der Waals surface area (Å²) in [7, 11) is 1.84. The first-order valence-corrected chi connectivity index (χ1v) is 12.7. The van der Waals surface area contributed by atoms with E-state index in [9.17, 15) is 10.1 Å². The first-order valence-electron chi connectivity index (χ1n) is 12.7. The van der Waals surface area contributed by atoms with E-state index in [4.69, 9.17) is 0 Å². The number of benzene rings is 2. The Morgan fingerprint density at radius 1 is 1.11 bits per heavy atom. The van der Waals surface area contributed by atoms with Crippen LogP contribution in [0.25, 0.3) is 10.8 Å². The standard InChI is InChI=1S/C28H33N7O/c1-17-20(16-29)6-5-7-22(17)18(2)31-27-24-15-26(30-4)25(14-23(24)19(3)32-33-27)28(36)35-12-10-34(11-13-35)21-8-9-21/h5-7,14-15,18,21,30H,8-13H2,1-4H3,(H,31,33)/t18-/m1/s1. The van der Waals surface area contributed by atoms with Crippen LogP contribution >= 0.6 is 0 Å². The first-order chi connectivity index (χ1) is 17.4. The number of carbonyl (C=O) groups is 1. The van der Waals surface area contributed by atoms with Gasteiger partial charge in [-0.2, -0.15) is 10.4 Å². The number of carbonyl (C=O) groups excluding carboxylic acids is 1. The van der Waals surface area contributed by atoms with Crippen molar-refractivity contribution in [1.29, 1.82) is 5.26 Å². The number of nitriles is 1. The van der Waals surface area contributed by atoms with Crippen LogP contribution in [0, 0.1) is 25.2 Å². The average molecular weight is 484 g/mol. The Bertz CT molecular complexity index is 1350. The normalized spacial score (nSPS) is 17.0. The van der Waals surface area contributed by atoms with E-state index in [1.807, 2.05) is 56.1 Å². The fraction of sp³-hybridized carbons (Fsp3) is 0.429. The molecule has 5 rings (SSSR count). The smallest absolute Gasteiger partial charge is 0.256 e. The van der Waals surface area contributed by atoms with Crippen molar-refractivity contribution in [1.82, 2.24) is 20.0 Å². The third-order valence-corrected chi connectivity index (χ3v) is 7.58. The van der Waals surface area contributed by atoms with Gasteiger partial charge in [-0.15, -0.1) is 5.10 Å². The summed E-state index contributed by atoms with van der Waals surface area (Å²) in [5.41, 5.74) is 4.88. The van der Waals surface area contributed by atoms with Gasteiger partial charge < -0.3 is 15.5 Å². The van der Waals surface area contributed by atoms with Crippen LogP contribution in [0.15, 0.2) is 30.3 Å². The van der Waals surface area contributed by atoms with E-state index in [1.165, 1.54) is 12.8 Å². The fourth-order valence-electron chi connectivity index (χ4n) is 5.24. The van der Waals surface area contributed by atoms with Crippen molar-refractivity contribution in [3.63, 3.8) is 0 Å². The molecule has 2 heterocycles. The van der Waals surface area contributed by atoms with Gasteiger partial charge in [0.05, 0.1) is 28.9 Å². The molecule has 2 N–H and O–H groups in total. The van der Waals surface area contributed by atoms with E-state index in [1.54, 1.807) is 0 Å². The molecular weight excluding hydrogens is 450 g/mol. The molecule has 1 saturated heterocycles. The minimum atomic E-state index is -0.0828. The lowest BCUT2D eigenvalue weighted by Crippen LogP contribution is -2.49. The SMILES string of the molecule is CNc1cc2c(N[C@H](C)c3cccc(C#N)c3C)nnc(C)c2cc1C(=O)N1CCN(C2CC2)CC1. The third kappa shape index (κ3) is 4.47. The second-order valence-electron chi connectivity index (χ2n) is 9.88. The highest BCUT2D eigenvalue weighted by atomic mass is 16.2. The summed E-state index contributed by atoms with van der Waals surface area (Å²) in [6.45, 7) is 9.35. The third-order valence-electron chi connectivity index (χ3n) is 7.58. The Morgan fingerprint density at radius 2 is 1.86 bits per heavy atom. The van der Waals surface area contributed by atoms with Crippen LogP contribution in [0.4, 0.5) is 11.5 Å². The van der Waals surface area contributed by atoms with E-state index in [0.717, 1.165) is 65.5 Å².